The Balaban J connectivity index is 1.74. The minimum atomic E-state index is 0.279. The number of hydrogen-bond donors (Lipinski definition) is 0. The van der Waals surface area contributed by atoms with Crippen LogP contribution in [0, 0.1) is 26.7 Å². The lowest BCUT2D eigenvalue weighted by Crippen LogP contribution is -2.40. The molecule has 5 rings (SSSR count). The van der Waals surface area contributed by atoms with Gasteiger partial charge in [0.1, 0.15) is 6.17 Å². The number of aryl methyl sites for hydroxylation is 3. The van der Waals surface area contributed by atoms with Gasteiger partial charge in [-0.3, -0.25) is 0 Å². The van der Waals surface area contributed by atoms with Gasteiger partial charge in [-0.15, -0.1) is 0 Å². The van der Waals surface area contributed by atoms with Crippen molar-refractivity contribution in [2.75, 3.05) is 4.90 Å². The maximum Gasteiger partial charge on any atom is 0.133 e. The third-order valence-corrected chi connectivity index (χ3v) is 8.15. The SMILES string of the molecule is CC1=C(C2CCCC2)N(C2CCCC2)C(c2c(C)cccc2C)N1c1ccccc1C. The second-order valence-corrected chi connectivity index (χ2v) is 10.1. The molecular formula is C29H38N2. The highest BCUT2D eigenvalue weighted by atomic mass is 15.4. The van der Waals surface area contributed by atoms with Crippen LogP contribution >= 0.6 is 0 Å². The molecule has 2 saturated carbocycles. The Kier molecular flexibility index (Phi) is 5.58. The monoisotopic (exact) mass is 414 g/mol. The molecule has 1 atom stereocenters. The Labute approximate surface area is 189 Å². The normalized spacial score (nSPS) is 22.9. The van der Waals surface area contributed by atoms with Gasteiger partial charge in [0, 0.05) is 34.6 Å². The molecule has 0 aromatic heterocycles. The molecule has 0 radical (unpaired) electrons. The van der Waals surface area contributed by atoms with Crippen LogP contribution in [-0.4, -0.2) is 10.9 Å². The smallest absolute Gasteiger partial charge is 0.133 e. The van der Waals surface area contributed by atoms with Gasteiger partial charge >= 0.3 is 0 Å². The van der Waals surface area contributed by atoms with Crippen LogP contribution in [0.2, 0.25) is 0 Å². The summed E-state index contributed by atoms with van der Waals surface area (Å²) < 4.78 is 0. The Morgan fingerprint density at radius 1 is 0.677 bits per heavy atom. The van der Waals surface area contributed by atoms with E-state index in [0.717, 1.165) is 5.92 Å². The van der Waals surface area contributed by atoms with E-state index in [9.17, 15) is 0 Å². The molecule has 0 spiro atoms. The number of rotatable bonds is 4. The highest BCUT2D eigenvalue weighted by Gasteiger charge is 2.45. The van der Waals surface area contributed by atoms with Crippen LogP contribution in [-0.2, 0) is 0 Å². The van der Waals surface area contributed by atoms with Crippen molar-refractivity contribution in [3.05, 3.63) is 76.1 Å². The molecule has 2 aromatic rings. The van der Waals surface area contributed by atoms with E-state index in [1.807, 2.05) is 0 Å². The van der Waals surface area contributed by atoms with Gasteiger partial charge in [-0.1, -0.05) is 62.1 Å². The van der Waals surface area contributed by atoms with E-state index in [4.69, 9.17) is 0 Å². The van der Waals surface area contributed by atoms with E-state index in [-0.39, 0.29) is 6.17 Å². The van der Waals surface area contributed by atoms with E-state index in [1.54, 1.807) is 5.70 Å². The largest absolute Gasteiger partial charge is 0.346 e. The van der Waals surface area contributed by atoms with Gasteiger partial charge in [0.05, 0.1) is 0 Å². The zero-order valence-electron chi connectivity index (χ0n) is 19.8. The Morgan fingerprint density at radius 2 is 1.26 bits per heavy atom. The third kappa shape index (κ3) is 3.49. The molecule has 1 aliphatic heterocycles. The maximum absolute atomic E-state index is 2.92. The molecule has 0 saturated heterocycles. The summed E-state index contributed by atoms with van der Waals surface area (Å²) in [7, 11) is 0. The van der Waals surface area contributed by atoms with E-state index >= 15 is 0 Å². The predicted octanol–water partition coefficient (Wildman–Crippen LogP) is 7.80. The van der Waals surface area contributed by atoms with Crippen molar-refractivity contribution in [3.8, 4) is 0 Å². The second-order valence-electron chi connectivity index (χ2n) is 10.1. The molecule has 1 unspecified atom stereocenters. The van der Waals surface area contributed by atoms with Crippen molar-refractivity contribution < 1.29 is 0 Å². The van der Waals surface area contributed by atoms with Crippen molar-refractivity contribution >= 4 is 5.69 Å². The maximum atomic E-state index is 2.92. The number of para-hydroxylation sites is 1. The van der Waals surface area contributed by atoms with Crippen molar-refractivity contribution in [3.63, 3.8) is 0 Å². The number of hydrogen-bond acceptors (Lipinski definition) is 2. The van der Waals surface area contributed by atoms with Crippen LogP contribution in [0.15, 0.2) is 53.9 Å². The van der Waals surface area contributed by atoms with Crippen molar-refractivity contribution in [2.45, 2.75) is 91.3 Å². The zero-order chi connectivity index (χ0) is 21.5. The molecular weight excluding hydrogens is 376 g/mol. The number of benzene rings is 2. The van der Waals surface area contributed by atoms with Gasteiger partial charge in [0.15, 0.2) is 0 Å². The number of allylic oxidation sites excluding steroid dienone is 2. The lowest BCUT2D eigenvalue weighted by molar-refractivity contribution is 0.185. The molecule has 164 valence electrons. The summed E-state index contributed by atoms with van der Waals surface area (Å²) in [5.41, 5.74) is 10.3. The molecule has 1 heterocycles. The summed E-state index contributed by atoms with van der Waals surface area (Å²) in [6.07, 6.45) is 11.2. The lowest BCUT2D eigenvalue weighted by Gasteiger charge is -2.41. The Morgan fingerprint density at radius 3 is 1.90 bits per heavy atom. The fourth-order valence-corrected chi connectivity index (χ4v) is 6.68. The minimum Gasteiger partial charge on any atom is -0.346 e. The van der Waals surface area contributed by atoms with E-state index in [1.165, 1.54) is 85.0 Å². The fourth-order valence-electron chi connectivity index (χ4n) is 6.68. The first-order chi connectivity index (χ1) is 15.1. The van der Waals surface area contributed by atoms with Gasteiger partial charge in [0.2, 0.25) is 0 Å². The molecule has 0 N–H and O–H groups in total. The summed E-state index contributed by atoms with van der Waals surface area (Å²) in [5.74, 6) is 0.724. The molecule has 31 heavy (non-hydrogen) atoms. The minimum absolute atomic E-state index is 0.279. The van der Waals surface area contributed by atoms with Gasteiger partial charge in [-0.25, -0.2) is 0 Å². The summed E-state index contributed by atoms with van der Waals surface area (Å²) in [5, 5.41) is 0. The molecule has 0 amide bonds. The molecule has 2 aromatic carbocycles. The van der Waals surface area contributed by atoms with Crippen molar-refractivity contribution in [1.29, 1.82) is 0 Å². The number of anilines is 1. The van der Waals surface area contributed by atoms with E-state index in [2.05, 4.69) is 80.0 Å². The number of nitrogens with zero attached hydrogens (tertiary/aromatic N) is 2. The average Bonchev–Trinajstić information content (AvgIpc) is 3.49. The molecule has 0 bridgehead atoms. The van der Waals surface area contributed by atoms with Crippen LogP contribution in [0.4, 0.5) is 5.69 Å². The van der Waals surface area contributed by atoms with Crippen molar-refractivity contribution in [2.24, 2.45) is 5.92 Å². The van der Waals surface area contributed by atoms with Crippen LogP contribution in [0.25, 0.3) is 0 Å². The Bertz CT molecular complexity index is 956. The van der Waals surface area contributed by atoms with Crippen LogP contribution in [0.5, 0.6) is 0 Å². The lowest BCUT2D eigenvalue weighted by atomic mass is 9.96. The van der Waals surface area contributed by atoms with Crippen LogP contribution < -0.4 is 4.90 Å². The van der Waals surface area contributed by atoms with Crippen molar-refractivity contribution in [1.82, 2.24) is 4.90 Å². The molecule has 2 aliphatic carbocycles. The topological polar surface area (TPSA) is 6.48 Å². The highest BCUT2D eigenvalue weighted by molar-refractivity contribution is 5.63. The van der Waals surface area contributed by atoms with Gasteiger partial charge in [-0.2, -0.15) is 0 Å². The predicted molar refractivity (Wildman–Crippen MR) is 131 cm³/mol. The van der Waals surface area contributed by atoms with Gasteiger partial charge in [0.25, 0.3) is 0 Å². The van der Waals surface area contributed by atoms with E-state index < -0.39 is 0 Å². The first-order valence-corrected chi connectivity index (χ1v) is 12.5. The average molecular weight is 415 g/mol. The summed E-state index contributed by atoms with van der Waals surface area (Å²) >= 11 is 0. The first-order valence-electron chi connectivity index (χ1n) is 12.5. The molecule has 3 aliphatic rings. The standard InChI is InChI=1S/C29H38N2/c1-20-12-5-10-19-26(20)30-23(4)28(24-15-6-7-16-24)31(25-17-8-9-18-25)29(30)27-21(2)13-11-14-22(27)3/h5,10-14,19,24-25,29H,6-9,15-18H2,1-4H3. The quantitative estimate of drug-likeness (QED) is 0.503. The Hall–Kier alpha value is -2.22. The molecule has 2 heteroatoms. The second kappa shape index (κ2) is 8.37. The highest BCUT2D eigenvalue weighted by Crippen LogP contribution is 2.52. The summed E-state index contributed by atoms with van der Waals surface area (Å²) in [4.78, 5) is 5.62. The van der Waals surface area contributed by atoms with E-state index in [0.29, 0.717) is 6.04 Å². The summed E-state index contributed by atoms with van der Waals surface area (Å²) in [6.45, 7) is 9.32. The third-order valence-electron chi connectivity index (χ3n) is 8.15. The van der Waals surface area contributed by atoms with Gasteiger partial charge < -0.3 is 9.80 Å². The first kappa shape index (κ1) is 20.7. The summed E-state index contributed by atoms with van der Waals surface area (Å²) in [6, 6.07) is 16.5. The molecule has 2 fully saturated rings. The fraction of sp³-hybridized carbons (Fsp3) is 0.517. The molecule has 2 nitrogen and oxygen atoms in total. The van der Waals surface area contributed by atoms with Gasteiger partial charge in [-0.05, 0) is 76.1 Å². The van der Waals surface area contributed by atoms with Crippen LogP contribution in [0.3, 0.4) is 0 Å². The van der Waals surface area contributed by atoms with Crippen LogP contribution in [0.1, 0.15) is 86.7 Å². The zero-order valence-corrected chi connectivity index (χ0v) is 19.8.